The average molecular weight is 307 g/mol. The summed E-state index contributed by atoms with van der Waals surface area (Å²) in [5.41, 5.74) is 0.112. The third-order valence-electron chi connectivity index (χ3n) is 3.11. The predicted octanol–water partition coefficient (Wildman–Crippen LogP) is 2.17. The zero-order valence-electron chi connectivity index (χ0n) is 10.6. The summed E-state index contributed by atoms with van der Waals surface area (Å²) in [7, 11) is 0. The SMILES string of the molecule is O=C(c1ncccc1O)N1CCSC[C@@H]1c1nccs1. The molecule has 0 saturated carbocycles. The van der Waals surface area contributed by atoms with Crippen LogP contribution in [0.5, 0.6) is 5.75 Å². The van der Waals surface area contributed by atoms with Gasteiger partial charge in [0, 0.05) is 35.8 Å². The summed E-state index contributed by atoms with van der Waals surface area (Å²) in [4.78, 5) is 22.7. The summed E-state index contributed by atoms with van der Waals surface area (Å²) in [6, 6.07) is 3.05. The maximum atomic E-state index is 12.6. The summed E-state index contributed by atoms with van der Waals surface area (Å²) in [5, 5.41) is 12.6. The minimum atomic E-state index is -0.233. The van der Waals surface area contributed by atoms with Crippen LogP contribution in [0.15, 0.2) is 29.9 Å². The van der Waals surface area contributed by atoms with Crippen molar-refractivity contribution in [1.29, 1.82) is 0 Å². The van der Waals surface area contributed by atoms with Crippen molar-refractivity contribution in [2.45, 2.75) is 6.04 Å². The van der Waals surface area contributed by atoms with Gasteiger partial charge in [-0.15, -0.1) is 11.3 Å². The number of carbonyl (C=O) groups is 1. The third kappa shape index (κ3) is 2.51. The van der Waals surface area contributed by atoms with Gasteiger partial charge >= 0.3 is 0 Å². The number of aromatic nitrogens is 2. The molecule has 2 aromatic heterocycles. The molecule has 0 unspecified atom stereocenters. The minimum Gasteiger partial charge on any atom is -0.505 e. The summed E-state index contributed by atoms with van der Waals surface area (Å²) in [5.74, 6) is 1.41. The van der Waals surface area contributed by atoms with E-state index >= 15 is 0 Å². The molecule has 1 N–H and O–H groups in total. The smallest absolute Gasteiger partial charge is 0.276 e. The fraction of sp³-hybridized carbons (Fsp3) is 0.308. The Hall–Kier alpha value is -1.60. The molecule has 0 bridgehead atoms. The minimum absolute atomic E-state index is 0.0392. The van der Waals surface area contributed by atoms with E-state index in [1.807, 2.05) is 17.1 Å². The third-order valence-corrected chi connectivity index (χ3v) is 5.01. The standard InChI is InChI=1S/C13H13N3O2S2/c17-10-2-1-3-14-11(10)13(18)16-5-7-19-8-9(16)12-15-4-6-20-12/h1-4,6,9,17H,5,7-8H2/t9-/m1/s1. The van der Waals surface area contributed by atoms with Gasteiger partial charge in [-0.05, 0) is 12.1 Å². The zero-order valence-corrected chi connectivity index (χ0v) is 12.2. The van der Waals surface area contributed by atoms with Gasteiger partial charge in [-0.1, -0.05) is 0 Å². The summed E-state index contributed by atoms with van der Waals surface area (Å²) < 4.78 is 0. The summed E-state index contributed by atoms with van der Waals surface area (Å²) in [6.07, 6.45) is 3.27. The van der Waals surface area contributed by atoms with Crippen LogP contribution in [0.25, 0.3) is 0 Å². The van der Waals surface area contributed by atoms with Crippen LogP contribution in [0.2, 0.25) is 0 Å². The molecule has 0 aromatic carbocycles. The van der Waals surface area contributed by atoms with Crippen LogP contribution in [0, 0.1) is 0 Å². The maximum absolute atomic E-state index is 12.6. The van der Waals surface area contributed by atoms with E-state index in [4.69, 9.17) is 0 Å². The molecule has 7 heteroatoms. The number of rotatable bonds is 2. The van der Waals surface area contributed by atoms with Gasteiger partial charge in [0.25, 0.3) is 5.91 Å². The number of hydrogen-bond acceptors (Lipinski definition) is 6. The highest BCUT2D eigenvalue weighted by atomic mass is 32.2. The van der Waals surface area contributed by atoms with E-state index in [2.05, 4.69) is 9.97 Å². The van der Waals surface area contributed by atoms with E-state index in [1.165, 1.54) is 12.3 Å². The Morgan fingerprint density at radius 3 is 3.05 bits per heavy atom. The average Bonchev–Trinajstić information content (AvgIpc) is 3.01. The first-order valence-electron chi connectivity index (χ1n) is 6.19. The van der Waals surface area contributed by atoms with Crippen LogP contribution in [0.3, 0.4) is 0 Å². The molecule has 2 aromatic rings. The molecule has 1 aliphatic heterocycles. The number of thioether (sulfide) groups is 1. The quantitative estimate of drug-likeness (QED) is 0.921. The van der Waals surface area contributed by atoms with Crippen LogP contribution in [-0.2, 0) is 0 Å². The van der Waals surface area contributed by atoms with Crippen LogP contribution < -0.4 is 0 Å². The van der Waals surface area contributed by atoms with E-state index in [0.717, 1.165) is 16.5 Å². The van der Waals surface area contributed by atoms with Gasteiger partial charge in [-0.25, -0.2) is 9.97 Å². The Labute approximate surface area is 124 Å². The molecule has 20 heavy (non-hydrogen) atoms. The molecule has 3 heterocycles. The zero-order chi connectivity index (χ0) is 13.9. The van der Waals surface area contributed by atoms with Crippen LogP contribution >= 0.6 is 23.1 Å². The van der Waals surface area contributed by atoms with E-state index in [-0.39, 0.29) is 23.4 Å². The first kappa shape index (κ1) is 13.4. The highest BCUT2D eigenvalue weighted by Crippen LogP contribution is 2.32. The Balaban J connectivity index is 1.90. The lowest BCUT2D eigenvalue weighted by Gasteiger charge is -2.34. The van der Waals surface area contributed by atoms with Crippen molar-refractivity contribution in [1.82, 2.24) is 14.9 Å². The molecule has 0 radical (unpaired) electrons. The lowest BCUT2D eigenvalue weighted by molar-refractivity contribution is 0.0691. The number of hydrogen-bond donors (Lipinski definition) is 1. The van der Waals surface area contributed by atoms with Crippen molar-refractivity contribution in [3.05, 3.63) is 40.6 Å². The second kappa shape index (κ2) is 5.80. The van der Waals surface area contributed by atoms with Crippen LogP contribution in [0.1, 0.15) is 21.5 Å². The van der Waals surface area contributed by atoms with Gasteiger partial charge in [0.15, 0.2) is 5.69 Å². The Morgan fingerprint density at radius 1 is 1.40 bits per heavy atom. The van der Waals surface area contributed by atoms with Crippen molar-refractivity contribution in [3.8, 4) is 5.75 Å². The predicted molar refractivity (Wildman–Crippen MR) is 79.1 cm³/mol. The molecule has 5 nitrogen and oxygen atoms in total. The van der Waals surface area contributed by atoms with Crippen LogP contribution in [0.4, 0.5) is 0 Å². The second-order valence-electron chi connectivity index (χ2n) is 4.33. The summed E-state index contributed by atoms with van der Waals surface area (Å²) in [6.45, 7) is 0.643. The molecule has 0 aliphatic carbocycles. The van der Waals surface area contributed by atoms with Crippen LogP contribution in [-0.4, -0.2) is 43.9 Å². The van der Waals surface area contributed by atoms with Gasteiger partial charge < -0.3 is 10.0 Å². The first-order valence-corrected chi connectivity index (χ1v) is 8.23. The highest BCUT2D eigenvalue weighted by molar-refractivity contribution is 7.99. The van der Waals surface area contributed by atoms with Gasteiger partial charge in [-0.2, -0.15) is 11.8 Å². The van der Waals surface area contributed by atoms with E-state index in [9.17, 15) is 9.90 Å². The van der Waals surface area contributed by atoms with Gasteiger partial charge in [0.05, 0.1) is 6.04 Å². The Morgan fingerprint density at radius 2 is 2.30 bits per heavy atom. The molecular weight excluding hydrogens is 294 g/mol. The number of nitrogens with zero attached hydrogens (tertiary/aromatic N) is 3. The molecule has 1 saturated heterocycles. The maximum Gasteiger partial charge on any atom is 0.276 e. The molecule has 0 spiro atoms. The second-order valence-corrected chi connectivity index (χ2v) is 6.41. The van der Waals surface area contributed by atoms with E-state index in [0.29, 0.717) is 6.54 Å². The monoisotopic (exact) mass is 307 g/mol. The van der Waals surface area contributed by atoms with Crippen molar-refractivity contribution < 1.29 is 9.90 Å². The topological polar surface area (TPSA) is 66.3 Å². The molecule has 1 amide bonds. The Kier molecular flexibility index (Phi) is 3.88. The van der Waals surface area contributed by atoms with Gasteiger partial charge in [0.1, 0.15) is 10.8 Å². The number of carbonyl (C=O) groups excluding carboxylic acids is 1. The van der Waals surface area contributed by atoms with E-state index in [1.54, 1.807) is 28.5 Å². The van der Waals surface area contributed by atoms with Gasteiger partial charge in [0.2, 0.25) is 0 Å². The molecule has 1 aliphatic rings. The molecule has 1 fully saturated rings. The molecular formula is C13H13N3O2S2. The first-order chi connectivity index (χ1) is 9.77. The number of amides is 1. The normalized spacial score (nSPS) is 19.0. The fourth-order valence-electron chi connectivity index (χ4n) is 2.15. The lowest BCUT2D eigenvalue weighted by atomic mass is 10.2. The highest BCUT2D eigenvalue weighted by Gasteiger charge is 2.32. The molecule has 3 rings (SSSR count). The van der Waals surface area contributed by atoms with Crippen molar-refractivity contribution >= 4 is 29.0 Å². The Bertz CT molecular complexity index is 603. The molecule has 1 atom stereocenters. The van der Waals surface area contributed by atoms with Crippen molar-refractivity contribution in [3.63, 3.8) is 0 Å². The molecule has 104 valence electrons. The van der Waals surface area contributed by atoms with Gasteiger partial charge in [-0.3, -0.25) is 4.79 Å². The number of thiazole rings is 1. The summed E-state index contributed by atoms with van der Waals surface area (Å²) >= 11 is 3.36. The number of aromatic hydroxyl groups is 1. The fourth-order valence-corrected chi connectivity index (χ4v) is 4.06. The van der Waals surface area contributed by atoms with E-state index < -0.39 is 0 Å². The number of pyridine rings is 1. The lowest BCUT2D eigenvalue weighted by Crippen LogP contribution is -2.41. The van der Waals surface area contributed by atoms with Crippen molar-refractivity contribution in [2.75, 3.05) is 18.1 Å². The van der Waals surface area contributed by atoms with Crippen molar-refractivity contribution in [2.24, 2.45) is 0 Å². The largest absolute Gasteiger partial charge is 0.505 e.